The number of carbonyl (C=O) groups is 2. The molecule has 0 aliphatic carbocycles. The van der Waals surface area contributed by atoms with Gasteiger partial charge in [-0.3, -0.25) is 0 Å². The van der Waals surface area contributed by atoms with Crippen LogP contribution in [0.2, 0.25) is 0 Å². The number of rotatable bonds is 5. The Hall–Kier alpha value is -1.78. The van der Waals surface area contributed by atoms with Crippen molar-refractivity contribution >= 4 is 11.9 Å². The third-order valence-corrected chi connectivity index (χ3v) is 1.34. The van der Waals surface area contributed by atoms with Gasteiger partial charge in [0.1, 0.15) is 12.7 Å². The Bertz CT molecular complexity index is 292. The summed E-state index contributed by atoms with van der Waals surface area (Å²) in [6, 6.07) is 0. The molecule has 0 aromatic carbocycles. The minimum Gasteiger partial charge on any atom is -0.502 e. The van der Waals surface area contributed by atoms with E-state index in [4.69, 9.17) is 9.84 Å². The summed E-state index contributed by atoms with van der Waals surface area (Å²) in [6.07, 6.45) is -0.648. The van der Waals surface area contributed by atoms with Crippen LogP contribution < -0.4 is 0 Å². The average molecular weight is 214 g/mol. The van der Waals surface area contributed by atoms with Gasteiger partial charge < -0.3 is 14.6 Å². The minimum atomic E-state index is -0.936. The largest absolute Gasteiger partial charge is 0.502 e. The minimum absolute atomic E-state index is 0.0925. The molecule has 1 unspecified atom stereocenters. The Morgan fingerprint density at radius 3 is 2.27 bits per heavy atom. The quantitative estimate of drug-likeness (QED) is 0.421. The van der Waals surface area contributed by atoms with E-state index in [0.717, 1.165) is 0 Å². The molecule has 0 aromatic heterocycles. The molecular weight excluding hydrogens is 200 g/mol. The van der Waals surface area contributed by atoms with Crippen molar-refractivity contribution in [1.82, 2.24) is 0 Å². The van der Waals surface area contributed by atoms with E-state index >= 15 is 0 Å². The number of aliphatic hydroxyl groups excluding tert-OH is 1. The zero-order valence-corrected chi connectivity index (χ0v) is 8.78. The Balaban J connectivity index is 3.90. The van der Waals surface area contributed by atoms with E-state index in [1.165, 1.54) is 13.8 Å². The lowest BCUT2D eigenvalue weighted by molar-refractivity contribution is -0.154. The van der Waals surface area contributed by atoms with E-state index in [1.807, 2.05) is 0 Å². The fourth-order valence-electron chi connectivity index (χ4n) is 0.601. The number of hydrogen-bond acceptors (Lipinski definition) is 5. The normalized spacial score (nSPS) is 11.3. The Morgan fingerprint density at radius 1 is 1.33 bits per heavy atom. The van der Waals surface area contributed by atoms with Crippen LogP contribution >= 0.6 is 0 Å². The van der Waals surface area contributed by atoms with E-state index in [9.17, 15) is 9.59 Å². The molecule has 1 atom stereocenters. The van der Waals surface area contributed by atoms with Gasteiger partial charge in [-0.2, -0.15) is 0 Å². The second kappa shape index (κ2) is 5.85. The Morgan fingerprint density at radius 2 is 1.87 bits per heavy atom. The molecule has 0 heterocycles. The number of esters is 2. The predicted octanol–water partition coefficient (Wildman–Crippen LogP) is 1.11. The molecule has 0 radical (unpaired) electrons. The van der Waals surface area contributed by atoms with Crippen LogP contribution in [-0.2, 0) is 19.1 Å². The highest BCUT2D eigenvalue weighted by Gasteiger charge is 2.14. The van der Waals surface area contributed by atoms with Crippen molar-refractivity contribution in [2.75, 3.05) is 6.61 Å². The van der Waals surface area contributed by atoms with Crippen LogP contribution in [0.25, 0.3) is 0 Å². The van der Waals surface area contributed by atoms with Crippen molar-refractivity contribution in [3.05, 3.63) is 24.5 Å². The molecule has 0 rings (SSSR count). The molecular formula is C10H14O5. The molecule has 1 N–H and O–H groups in total. The van der Waals surface area contributed by atoms with Gasteiger partial charge in [0.15, 0.2) is 5.76 Å². The molecule has 0 saturated heterocycles. The van der Waals surface area contributed by atoms with Crippen LogP contribution in [0.4, 0.5) is 0 Å². The van der Waals surface area contributed by atoms with Crippen molar-refractivity contribution in [1.29, 1.82) is 0 Å². The van der Waals surface area contributed by atoms with Gasteiger partial charge in [-0.15, -0.1) is 0 Å². The highest BCUT2D eigenvalue weighted by molar-refractivity contribution is 5.87. The summed E-state index contributed by atoms with van der Waals surface area (Å²) in [5.74, 6) is -2.18. The molecule has 0 aliphatic rings. The molecule has 0 spiro atoms. The lowest BCUT2D eigenvalue weighted by atomic mass is 10.3. The first-order valence-electron chi connectivity index (χ1n) is 4.26. The number of aliphatic hydroxyl groups is 1. The fourth-order valence-corrected chi connectivity index (χ4v) is 0.601. The second-order valence-electron chi connectivity index (χ2n) is 3.04. The number of carbonyl (C=O) groups excluding carboxylic acids is 2. The SMILES string of the molecule is C=C(C)C(=O)OCC(C)OC(=O)C(=C)O. The molecule has 0 aliphatic heterocycles. The summed E-state index contributed by atoms with van der Waals surface area (Å²) >= 11 is 0. The highest BCUT2D eigenvalue weighted by Crippen LogP contribution is 1.99. The van der Waals surface area contributed by atoms with Crippen molar-refractivity contribution < 1.29 is 24.2 Å². The molecule has 84 valence electrons. The first-order valence-corrected chi connectivity index (χ1v) is 4.26. The smallest absolute Gasteiger partial charge is 0.373 e. The van der Waals surface area contributed by atoms with Crippen LogP contribution in [0.1, 0.15) is 13.8 Å². The third-order valence-electron chi connectivity index (χ3n) is 1.34. The second-order valence-corrected chi connectivity index (χ2v) is 3.04. The van der Waals surface area contributed by atoms with Crippen LogP contribution in [0.5, 0.6) is 0 Å². The Labute approximate surface area is 88.0 Å². The van der Waals surface area contributed by atoms with Crippen LogP contribution in [0.15, 0.2) is 24.5 Å². The number of ether oxygens (including phenoxy) is 2. The monoisotopic (exact) mass is 214 g/mol. The van der Waals surface area contributed by atoms with Crippen LogP contribution in [0, 0.1) is 0 Å². The van der Waals surface area contributed by atoms with E-state index < -0.39 is 23.8 Å². The topological polar surface area (TPSA) is 72.8 Å². The fraction of sp³-hybridized carbons (Fsp3) is 0.400. The Kier molecular flexibility index (Phi) is 5.15. The van der Waals surface area contributed by atoms with E-state index in [1.54, 1.807) is 0 Å². The van der Waals surface area contributed by atoms with Crippen molar-refractivity contribution in [2.24, 2.45) is 0 Å². The molecule has 0 bridgehead atoms. The van der Waals surface area contributed by atoms with Gasteiger partial charge in [0.25, 0.3) is 0 Å². The summed E-state index contributed by atoms with van der Waals surface area (Å²) in [7, 11) is 0. The molecule has 5 nitrogen and oxygen atoms in total. The van der Waals surface area contributed by atoms with Crippen molar-refractivity contribution in [3.8, 4) is 0 Å². The summed E-state index contributed by atoms with van der Waals surface area (Å²) in [6.45, 7) is 9.31. The van der Waals surface area contributed by atoms with Crippen molar-refractivity contribution in [2.45, 2.75) is 20.0 Å². The maximum absolute atomic E-state index is 10.9. The van der Waals surface area contributed by atoms with Gasteiger partial charge in [0.2, 0.25) is 0 Å². The van der Waals surface area contributed by atoms with Crippen LogP contribution in [0.3, 0.4) is 0 Å². The van der Waals surface area contributed by atoms with Gasteiger partial charge in [0.05, 0.1) is 0 Å². The molecule has 15 heavy (non-hydrogen) atoms. The molecule has 0 aromatic rings. The summed E-state index contributed by atoms with van der Waals surface area (Å²) in [5.41, 5.74) is 0.264. The first kappa shape index (κ1) is 13.2. The van der Waals surface area contributed by atoms with Crippen LogP contribution in [-0.4, -0.2) is 29.8 Å². The summed E-state index contributed by atoms with van der Waals surface area (Å²) in [4.78, 5) is 21.7. The van der Waals surface area contributed by atoms with E-state index in [-0.39, 0.29) is 12.2 Å². The van der Waals surface area contributed by atoms with Gasteiger partial charge >= 0.3 is 11.9 Å². The average Bonchev–Trinajstić information content (AvgIpc) is 2.13. The van der Waals surface area contributed by atoms with Crippen molar-refractivity contribution in [3.63, 3.8) is 0 Å². The molecule has 0 saturated carbocycles. The highest BCUT2D eigenvalue weighted by atomic mass is 16.6. The standard InChI is InChI=1S/C10H14O5/c1-6(2)9(12)14-5-7(3)15-10(13)8(4)11/h7,11H,1,4-5H2,2-3H3. The first-order chi connectivity index (χ1) is 6.84. The van der Waals surface area contributed by atoms with Gasteiger partial charge in [-0.1, -0.05) is 6.58 Å². The molecule has 0 amide bonds. The molecule has 0 fully saturated rings. The number of hydrogen-bond donors (Lipinski definition) is 1. The van der Waals surface area contributed by atoms with E-state index in [2.05, 4.69) is 17.9 Å². The summed E-state index contributed by atoms with van der Waals surface area (Å²) in [5, 5.41) is 8.64. The van der Waals surface area contributed by atoms with Gasteiger partial charge in [0, 0.05) is 5.57 Å². The summed E-state index contributed by atoms with van der Waals surface area (Å²) < 4.78 is 9.37. The van der Waals surface area contributed by atoms with Gasteiger partial charge in [-0.25, -0.2) is 9.59 Å². The lowest BCUT2D eigenvalue weighted by Crippen LogP contribution is -2.23. The third kappa shape index (κ3) is 5.51. The lowest BCUT2D eigenvalue weighted by Gasteiger charge is -2.12. The maximum Gasteiger partial charge on any atom is 0.373 e. The zero-order chi connectivity index (χ0) is 12.0. The van der Waals surface area contributed by atoms with E-state index in [0.29, 0.717) is 0 Å². The predicted molar refractivity (Wildman–Crippen MR) is 53.1 cm³/mol. The van der Waals surface area contributed by atoms with Gasteiger partial charge in [-0.05, 0) is 20.4 Å². The maximum atomic E-state index is 10.9. The molecule has 5 heteroatoms. The zero-order valence-electron chi connectivity index (χ0n) is 8.78.